The molecule has 22 heavy (non-hydrogen) atoms. The number of methoxy groups -OCH3 is 1. The Morgan fingerprint density at radius 3 is 2.82 bits per heavy atom. The number of carbonyl (C=O) groups excluding carboxylic acids is 1. The number of nitrogens with one attached hydrogen (secondary N) is 1. The van der Waals surface area contributed by atoms with E-state index in [0.29, 0.717) is 51.2 Å². The van der Waals surface area contributed by atoms with Crippen molar-refractivity contribution in [3.8, 4) is 0 Å². The second-order valence-corrected chi connectivity index (χ2v) is 5.52. The number of benzene rings is 1. The smallest absolute Gasteiger partial charge is 0.222 e. The van der Waals surface area contributed by atoms with Gasteiger partial charge in [-0.2, -0.15) is 0 Å². The highest BCUT2D eigenvalue weighted by atomic mass is 19.1. The van der Waals surface area contributed by atoms with Gasteiger partial charge in [0.25, 0.3) is 0 Å². The van der Waals surface area contributed by atoms with Gasteiger partial charge >= 0.3 is 0 Å². The van der Waals surface area contributed by atoms with Gasteiger partial charge in [-0.1, -0.05) is 6.07 Å². The number of rotatable bonds is 6. The fourth-order valence-electron chi connectivity index (χ4n) is 2.51. The number of hydrogen-bond donors (Lipinski definition) is 2. The predicted octanol–water partition coefficient (Wildman–Crippen LogP) is 1.44. The minimum absolute atomic E-state index is 0.114. The number of ether oxygens (including phenoxy) is 1. The van der Waals surface area contributed by atoms with E-state index in [9.17, 15) is 14.3 Å². The normalized spacial score (nSPS) is 15.9. The van der Waals surface area contributed by atoms with Gasteiger partial charge in [-0.3, -0.25) is 4.79 Å². The van der Waals surface area contributed by atoms with Crippen LogP contribution in [0.25, 0.3) is 0 Å². The van der Waals surface area contributed by atoms with E-state index in [1.54, 1.807) is 13.2 Å². The first kappa shape index (κ1) is 16.7. The molecule has 0 bridgehead atoms. The Bertz CT molecular complexity index is 502. The van der Waals surface area contributed by atoms with Crippen molar-refractivity contribution < 1.29 is 19.0 Å². The molecule has 5 nitrogen and oxygen atoms in total. The average Bonchev–Trinajstić information content (AvgIpc) is 2.52. The molecule has 122 valence electrons. The molecule has 0 aromatic heterocycles. The lowest BCUT2D eigenvalue weighted by atomic mass is 10.1. The summed E-state index contributed by atoms with van der Waals surface area (Å²) in [6.07, 6.45) is 1.35. The van der Waals surface area contributed by atoms with Gasteiger partial charge in [0.15, 0.2) is 0 Å². The summed E-state index contributed by atoms with van der Waals surface area (Å²) in [5, 5.41) is 12.2. The molecule has 1 fully saturated rings. The van der Waals surface area contributed by atoms with Gasteiger partial charge in [-0.05, 0) is 30.5 Å². The largest absolute Gasteiger partial charge is 0.393 e. The van der Waals surface area contributed by atoms with Crippen LogP contribution in [0.5, 0.6) is 0 Å². The van der Waals surface area contributed by atoms with E-state index < -0.39 is 0 Å². The molecule has 0 unspecified atom stereocenters. The van der Waals surface area contributed by atoms with Gasteiger partial charge < -0.3 is 20.1 Å². The SMILES string of the molecule is COCCC(=O)NCc1ccc(N2CCC(O)CC2)c(F)c1. The quantitative estimate of drug-likeness (QED) is 0.835. The summed E-state index contributed by atoms with van der Waals surface area (Å²) in [6.45, 7) is 1.99. The lowest BCUT2D eigenvalue weighted by Gasteiger charge is -2.31. The summed E-state index contributed by atoms with van der Waals surface area (Å²) in [5.41, 5.74) is 1.28. The maximum Gasteiger partial charge on any atom is 0.222 e. The first-order chi connectivity index (χ1) is 10.6. The number of halogens is 1. The number of anilines is 1. The fourth-order valence-corrected chi connectivity index (χ4v) is 2.51. The highest BCUT2D eigenvalue weighted by molar-refractivity contribution is 5.75. The number of aliphatic hydroxyl groups is 1. The Morgan fingerprint density at radius 2 is 2.18 bits per heavy atom. The van der Waals surface area contributed by atoms with Crippen LogP contribution in [0.15, 0.2) is 18.2 Å². The van der Waals surface area contributed by atoms with E-state index in [1.165, 1.54) is 6.07 Å². The lowest BCUT2D eigenvalue weighted by molar-refractivity contribution is -0.122. The molecule has 1 aromatic carbocycles. The van der Waals surface area contributed by atoms with Crippen molar-refractivity contribution >= 4 is 11.6 Å². The van der Waals surface area contributed by atoms with Crippen LogP contribution in [0.4, 0.5) is 10.1 Å². The van der Waals surface area contributed by atoms with E-state index >= 15 is 0 Å². The topological polar surface area (TPSA) is 61.8 Å². The molecular formula is C16H23FN2O3. The molecule has 2 rings (SSSR count). The minimum Gasteiger partial charge on any atom is -0.393 e. The second kappa shape index (κ2) is 8.10. The zero-order chi connectivity index (χ0) is 15.9. The van der Waals surface area contributed by atoms with E-state index in [4.69, 9.17) is 4.74 Å². The Labute approximate surface area is 130 Å². The number of piperidine rings is 1. The third kappa shape index (κ3) is 4.68. The van der Waals surface area contributed by atoms with Gasteiger partial charge in [-0.25, -0.2) is 4.39 Å². The summed E-state index contributed by atoms with van der Waals surface area (Å²) in [5.74, 6) is -0.406. The molecule has 1 saturated heterocycles. The lowest BCUT2D eigenvalue weighted by Crippen LogP contribution is -2.36. The van der Waals surface area contributed by atoms with Crippen LogP contribution in [-0.4, -0.2) is 43.9 Å². The summed E-state index contributed by atoms with van der Waals surface area (Å²) in [6, 6.07) is 5.01. The molecule has 1 aliphatic heterocycles. The molecule has 2 N–H and O–H groups in total. The summed E-state index contributed by atoms with van der Waals surface area (Å²) < 4.78 is 19.1. The highest BCUT2D eigenvalue weighted by Gasteiger charge is 2.19. The van der Waals surface area contributed by atoms with Crippen molar-refractivity contribution in [2.24, 2.45) is 0 Å². The van der Waals surface area contributed by atoms with Crippen LogP contribution in [0.3, 0.4) is 0 Å². The zero-order valence-corrected chi connectivity index (χ0v) is 12.8. The summed E-state index contributed by atoms with van der Waals surface area (Å²) in [4.78, 5) is 13.4. The standard InChI is InChI=1S/C16H23FN2O3/c1-22-9-6-16(21)18-11-12-2-3-15(14(17)10-12)19-7-4-13(20)5-8-19/h2-3,10,13,20H,4-9,11H2,1H3,(H,18,21). The Kier molecular flexibility index (Phi) is 6.15. The van der Waals surface area contributed by atoms with Crippen LogP contribution in [-0.2, 0) is 16.1 Å². The molecule has 6 heteroatoms. The highest BCUT2D eigenvalue weighted by Crippen LogP contribution is 2.24. The molecule has 1 aromatic rings. The van der Waals surface area contributed by atoms with Crippen LogP contribution in [0.1, 0.15) is 24.8 Å². The van der Waals surface area contributed by atoms with Crippen LogP contribution in [0.2, 0.25) is 0 Å². The Morgan fingerprint density at radius 1 is 1.45 bits per heavy atom. The molecular weight excluding hydrogens is 287 g/mol. The van der Waals surface area contributed by atoms with Crippen LogP contribution in [0, 0.1) is 5.82 Å². The molecule has 0 aliphatic carbocycles. The molecule has 0 atom stereocenters. The Hall–Kier alpha value is -1.66. The van der Waals surface area contributed by atoms with E-state index in [-0.39, 0.29) is 17.8 Å². The monoisotopic (exact) mass is 310 g/mol. The predicted molar refractivity (Wildman–Crippen MR) is 82.2 cm³/mol. The van der Waals surface area contributed by atoms with Crippen molar-refractivity contribution in [3.63, 3.8) is 0 Å². The average molecular weight is 310 g/mol. The van der Waals surface area contributed by atoms with Crippen molar-refractivity contribution in [1.29, 1.82) is 0 Å². The van der Waals surface area contributed by atoms with Crippen molar-refractivity contribution in [1.82, 2.24) is 5.32 Å². The van der Waals surface area contributed by atoms with Crippen LogP contribution >= 0.6 is 0 Å². The van der Waals surface area contributed by atoms with Gasteiger partial charge in [0.2, 0.25) is 5.91 Å². The minimum atomic E-state index is -0.292. The molecule has 1 heterocycles. The molecule has 1 aliphatic rings. The third-order valence-electron chi connectivity index (χ3n) is 3.84. The summed E-state index contributed by atoms with van der Waals surface area (Å²) >= 11 is 0. The first-order valence-electron chi connectivity index (χ1n) is 7.57. The molecule has 0 spiro atoms. The molecule has 1 amide bonds. The van der Waals surface area contributed by atoms with Gasteiger partial charge in [-0.15, -0.1) is 0 Å². The maximum absolute atomic E-state index is 14.2. The summed E-state index contributed by atoms with van der Waals surface area (Å²) in [7, 11) is 1.54. The van der Waals surface area contributed by atoms with Crippen LogP contribution < -0.4 is 10.2 Å². The van der Waals surface area contributed by atoms with Gasteiger partial charge in [0, 0.05) is 33.2 Å². The number of amides is 1. The number of carbonyl (C=O) groups is 1. The zero-order valence-electron chi connectivity index (χ0n) is 12.8. The fraction of sp³-hybridized carbons (Fsp3) is 0.562. The van der Waals surface area contributed by atoms with E-state index in [0.717, 1.165) is 5.56 Å². The number of hydrogen-bond acceptors (Lipinski definition) is 4. The third-order valence-corrected chi connectivity index (χ3v) is 3.84. The second-order valence-electron chi connectivity index (χ2n) is 5.52. The van der Waals surface area contributed by atoms with Crippen molar-refractivity contribution in [3.05, 3.63) is 29.6 Å². The maximum atomic E-state index is 14.2. The van der Waals surface area contributed by atoms with Gasteiger partial charge in [0.05, 0.1) is 18.4 Å². The van der Waals surface area contributed by atoms with Gasteiger partial charge in [0.1, 0.15) is 5.82 Å². The number of nitrogens with zero attached hydrogens (tertiary/aromatic N) is 1. The molecule has 0 radical (unpaired) electrons. The van der Waals surface area contributed by atoms with Crippen molar-refractivity contribution in [2.75, 3.05) is 31.7 Å². The van der Waals surface area contributed by atoms with E-state index in [2.05, 4.69) is 5.32 Å². The first-order valence-corrected chi connectivity index (χ1v) is 7.57. The van der Waals surface area contributed by atoms with Crippen molar-refractivity contribution in [2.45, 2.75) is 31.9 Å². The Balaban J connectivity index is 1.90. The number of aliphatic hydroxyl groups excluding tert-OH is 1. The van der Waals surface area contributed by atoms with E-state index in [1.807, 2.05) is 11.0 Å². The molecule has 0 saturated carbocycles.